The fraction of sp³-hybridized carbons (Fsp3) is 0.118. The minimum atomic E-state index is 1.05. The molecule has 1 heterocycles. The van der Waals surface area contributed by atoms with Gasteiger partial charge in [-0.1, -0.05) is 48.0 Å². The number of hydrogen-bond donors (Lipinski definition) is 0. The third kappa shape index (κ3) is 1.88. The molecule has 0 saturated carbocycles. The normalized spacial score (nSPS) is 10.8. The number of benzene rings is 2. The first-order valence-corrected chi connectivity index (χ1v) is 6.17. The zero-order chi connectivity index (χ0) is 12.5. The van der Waals surface area contributed by atoms with Crippen LogP contribution in [0.4, 0.5) is 0 Å². The molecule has 0 spiro atoms. The van der Waals surface area contributed by atoms with Gasteiger partial charge in [0, 0.05) is 16.6 Å². The van der Waals surface area contributed by atoms with Crippen molar-refractivity contribution in [2.75, 3.05) is 0 Å². The number of fused-ring (bicyclic) bond motifs is 1. The van der Waals surface area contributed by atoms with Gasteiger partial charge in [0.25, 0.3) is 0 Å². The monoisotopic (exact) mass is 233 g/mol. The molecule has 0 N–H and O–H groups in total. The summed E-state index contributed by atoms with van der Waals surface area (Å²) in [4.78, 5) is 4.71. The summed E-state index contributed by atoms with van der Waals surface area (Å²) in [7, 11) is 0. The Balaban J connectivity index is 2.25. The van der Waals surface area contributed by atoms with Crippen LogP contribution in [0.1, 0.15) is 11.3 Å². The largest absolute Gasteiger partial charge is 0.252 e. The zero-order valence-corrected chi connectivity index (χ0v) is 10.6. The minimum absolute atomic E-state index is 1.05. The molecule has 0 bridgehead atoms. The molecule has 3 aromatic rings. The van der Waals surface area contributed by atoms with Gasteiger partial charge in [0.2, 0.25) is 0 Å². The average molecular weight is 233 g/mol. The van der Waals surface area contributed by atoms with Crippen LogP contribution in [0.5, 0.6) is 0 Å². The maximum atomic E-state index is 4.71. The second kappa shape index (κ2) is 4.26. The molecule has 1 nitrogen and oxygen atoms in total. The molecule has 0 aliphatic heterocycles. The molecule has 0 fully saturated rings. The quantitative estimate of drug-likeness (QED) is 0.602. The molecule has 88 valence electrons. The smallest absolute Gasteiger partial charge is 0.0711 e. The van der Waals surface area contributed by atoms with Gasteiger partial charge in [0.05, 0.1) is 5.69 Å². The van der Waals surface area contributed by atoms with Crippen molar-refractivity contribution in [2.45, 2.75) is 13.8 Å². The van der Waals surface area contributed by atoms with E-state index in [2.05, 4.69) is 50.2 Å². The molecule has 1 aromatic heterocycles. The van der Waals surface area contributed by atoms with Crippen LogP contribution in [-0.2, 0) is 0 Å². The van der Waals surface area contributed by atoms with Gasteiger partial charge in [-0.25, -0.2) is 0 Å². The lowest BCUT2D eigenvalue weighted by molar-refractivity contribution is 1.24. The van der Waals surface area contributed by atoms with Gasteiger partial charge in [-0.15, -0.1) is 0 Å². The third-order valence-electron chi connectivity index (χ3n) is 3.25. The van der Waals surface area contributed by atoms with Crippen LogP contribution in [0, 0.1) is 13.8 Å². The standard InChI is InChI=1S/C17H15N/c1-12-8-9-15-11-17(14-6-4-3-5-7-14)18-13(2)16(15)10-12/h3-11H,1-2H3. The maximum Gasteiger partial charge on any atom is 0.0711 e. The molecule has 0 aliphatic rings. The van der Waals surface area contributed by atoms with Gasteiger partial charge in [-0.05, 0) is 31.4 Å². The van der Waals surface area contributed by atoms with Crippen LogP contribution in [0.3, 0.4) is 0 Å². The summed E-state index contributed by atoms with van der Waals surface area (Å²) in [6, 6.07) is 19.0. The molecule has 0 radical (unpaired) electrons. The van der Waals surface area contributed by atoms with Crippen LogP contribution in [0.15, 0.2) is 54.6 Å². The van der Waals surface area contributed by atoms with Gasteiger partial charge in [-0.3, -0.25) is 4.98 Å². The van der Waals surface area contributed by atoms with Crippen molar-refractivity contribution < 1.29 is 0 Å². The molecule has 0 atom stereocenters. The molecule has 3 rings (SSSR count). The predicted octanol–water partition coefficient (Wildman–Crippen LogP) is 4.52. The fourth-order valence-electron chi connectivity index (χ4n) is 2.29. The first kappa shape index (κ1) is 11.0. The molecule has 1 heteroatoms. The van der Waals surface area contributed by atoms with Crippen molar-refractivity contribution in [3.05, 3.63) is 65.9 Å². The lowest BCUT2D eigenvalue weighted by atomic mass is 10.0. The highest BCUT2D eigenvalue weighted by Crippen LogP contribution is 2.25. The summed E-state index contributed by atoms with van der Waals surface area (Å²) in [6.07, 6.45) is 0. The van der Waals surface area contributed by atoms with E-state index in [1.54, 1.807) is 0 Å². The van der Waals surface area contributed by atoms with Crippen molar-refractivity contribution in [3.63, 3.8) is 0 Å². The molecule has 0 amide bonds. The fourth-order valence-corrected chi connectivity index (χ4v) is 2.29. The van der Waals surface area contributed by atoms with Crippen molar-refractivity contribution in [2.24, 2.45) is 0 Å². The Hall–Kier alpha value is -2.15. The first-order valence-electron chi connectivity index (χ1n) is 6.17. The van der Waals surface area contributed by atoms with Gasteiger partial charge in [0.1, 0.15) is 0 Å². The second-order valence-corrected chi connectivity index (χ2v) is 4.68. The Morgan fingerprint density at radius 3 is 2.39 bits per heavy atom. The van der Waals surface area contributed by atoms with E-state index in [4.69, 9.17) is 4.98 Å². The summed E-state index contributed by atoms with van der Waals surface area (Å²) < 4.78 is 0. The van der Waals surface area contributed by atoms with E-state index in [0.29, 0.717) is 0 Å². The van der Waals surface area contributed by atoms with Crippen molar-refractivity contribution in [3.8, 4) is 11.3 Å². The summed E-state index contributed by atoms with van der Waals surface area (Å²) in [6.45, 7) is 4.19. The summed E-state index contributed by atoms with van der Waals surface area (Å²) in [5.74, 6) is 0. The van der Waals surface area contributed by atoms with Crippen LogP contribution in [0.2, 0.25) is 0 Å². The van der Waals surface area contributed by atoms with Crippen molar-refractivity contribution >= 4 is 10.8 Å². The second-order valence-electron chi connectivity index (χ2n) is 4.68. The van der Waals surface area contributed by atoms with Gasteiger partial charge in [0.15, 0.2) is 0 Å². The van der Waals surface area contributed by atoms with E-state index in [-0.39, 0.29) is 0 Å². The zero-order valence-electron chi connectivity index (χ0n) is 10.6. The Morgan fingerprint density at radius 1 is 0.833 bits per heavy atom. The molecular weight excluding hydrogens is 218 g/mol. The molecular formula is C17H15N. The Bertz CT molecular complexity index is 699. The maximum absolute atomic E-state index is 4.71. The van der Waals surface area contributed by atoms with E-state index in [1.807, 2.05) is 18.2 Å². The average Bonchev–Trinajstić information content (AvgIpc) is 2.40. The highest BCUT2D eigenvalue weighted by atomic mass is 14.7. The van der Waals surface area contributed by atoms with E-state index >= 15 is 0 Å². The minimum Gasteiger partial charge on any atom is -0.252 e. The SMILES string of the molecule is Cc1ccc2cc(-c3ccccc3)nc(C)c2c1. The number of pyridine rings is 1. The first-order chi connectivity index (χ1) is 8.74. The lowest BCUT2D eigenvalue weighted by Crippen LogP contribution is -1.90. The van der Waals surface area contributed by atoms with Crippen molar-refractivity contribution in [1.82, 2.24) is 4.98 Å². The van der Waals surface area contributed by atoms with E-state index in [0.717, 1.165) is 11.4 Å². The lowest BCUT2D eigenvalue weighted by Gasteiger charge is -2.07. The Kier molecular flexibility index (Phi) is 2.60. The van der Waals surface area contributed by atoms with E-state index < -0.39 is 0 Å². The van der Waals surface area contributed by atoms with Gasteiger partial charge < -0.3 is 0 Å². The summed E-state index contributed by atoms with van der Waals surface area (Å²) in [5.41, 5.74) is 4.59. The van der Waals surface area contributed by atoms with E-state index in [1.165, 1.54) is 21.9 Å². The Labute approximate surface area is 107 Å². The molecule has 18 heavy (non-hydrogen) atoms. The molecule has 2 aromatic carbocycles. The molecule has 0 saturated heterocycles. The number of rotatable bonds is 1. The van der Waals surface area contributed by atoms with Gasteiger partial charge in [-0.2, -0.15) is 0 Å². The number of aromatic nitrogens is 1. The van der Waals surface area contributed by atoms with Gasteiger partial charge >= 0.3 is 0 Å². The highest BCUT2D eigenvalue weighted by Gasteiger charge is 2.04. The molecule has 0 unspecified atom stereocenters. The summed E-state index contributed by atoms with van der Waals surface area (Å²) in [5, 5.41) is 2.50. The predicted molar refractivity (Wildman–Crippen MR) is 76.7 cm³/mol. The topological polar surface area (TPSA) is 12.9 Å². The number of hydrogen-bond acceptors (Lipinski definition) is 1. The number of aryl methyl sites for hydroxylation is 2. The van der Waals surface area contributed by atoms with Crippen LogP contribution < -0.4 is 0 Å². The third-order valence-corrected chi connectivity index (χ3v) is 3.25. The van der Waals surface area contributed by atoms with E-state index in [9.17, 15) is 0 Å². The van der Waals surface area contributed by atoms with Crippen LogP contribution >= 0.6 is 0 Å². The molecule has 0 aliphatic carbocycles. The summed E-state index contributed by atoms with van der Waals surface area (Å²) >= 11 is 0. The van der Waals surface area contributed by atoms with Crippen LogP contribution in [0.25, 0.3) is 22.0 Å². The number of nitrogens with zero attached hydrogens (tertiary/aromatic N) is 1. The highest BCUT2D eigenvalue weighted by molar-refractivity contribution is 5.88. The van der Waals surface area contributed by atoms with Crippen LogP contribution in [-0.4, -0.2) is 4.98 Å². The van der Waals surface area contributed by atoms with Crippen molar-refractivity contribution in [1.29, 1.82) is 0 Å². The Morgan fingerprint density at radius 2 is 1.61 bits per heavy atom.